The fraction of sp³-hybridized carbons (Fsp3) is 0.500. The van der Waals surface area contributed by atoms with Gasteiger partial charge in [-0.15, -0.1) is 0 Å². The predicted octanol–water partition coefficient (Wildman–Crippen LogP) is 2.31. The van der Waals surface area contributed by atoms with E-state index in [-0.39, 0.29) is 5.82 Å². The maximum absolute atomic E-state index is 13.5. The van der Waals surface area contributed by atoms with Crippen molar-refractivity contribution in [2.24, 2.45) is 0 Å². The van der Waals surface area contributed by atoms with Gasteiger partial charge in [0.25, 0.3) is 5.92 Å². The molecule has 1 saturated heterocycles. The van der Waals surface area contributed by atoms with Gasteiger partial charge in [0, 0.05) is 6.42 Å². The first-order chi connectivity index (χ1) is 9.28. The monoisotopic (exact) mass is 286 g/mol. The fourth-order valence-electron chi connectivity index (χ4n) is 2.18. The molecule has 1 fully saturated rings. The zero-order valence-electron chi connectivity index (χ0n) is 11.3. The number of carbonyl (C=O) groups excluding carboxylic acids is 1. The Hall–Kier alpha value is -1.56. The van der Waals surface area contributed by atoms with Crippen LogP contribution >= 0.6 is 0 Å². The molecular weight excluding hydrogens is 269 g/mol. The first-order valence-corrected chi connectivity index (χ1v) is 6.46. The third-order valence-electron chi connectivity index (χ3n) is 3.48. The van der Waals surface area contributed by atoms with Crippen LogP contribution in [0.25, 0.3) is 0 Å². The molecule has 1 aliphatic heterocycles. The molecule has 110 valence electrons. The van der Waals surface area contributed by atoms with Gasteiger partial charge in [0.15, 0.2) is 0 Å². The Bertz CT molecular complexity index is 519. The van der Waals surface area contributed by atoms with Crippen LogP contribution in [0.1, 0.15) is 30.5 Å². The minimum atomic E-state index is -2.85. The average Bonchev–Trinajstić information content (AvgIpc) is 2.73. The Labute approximate surface area is 115 Å². The minimum Gasteiger partial charge on any atom is -0.348 e. The lowest BCUT2D eigenvalue weighted by Crippen LogP contribution is -2.41. The van der Waals surface area contributed by atoms with Crippen LogP contribution in [0.2, 0.25) is 0 Å². The predicted molar refractivity (Wildman–Crippen MR) is 69.0 cm³/mol. The summed E-state index contributed by atoms with van der Waals surface area (Å²) in [5.74, 6) is -3.69. The molecule has 2 unspecified atom stereocenters. The number of hydrogen-bond donors (Lipinski definition) is 2. The van der Waals surface area contributed by atoms with Crippen molar-refractivity contribution in [1.29, 1.82) is 0 Å². The molecule has 0 radical (unpaired) electrons. The summed E-state index contributed by atoms with van der Waals surface area (Å²) in [5.41, 5.74) is 1.12. The van der Waals surface area contributed by atoms with E-state index in [0.29, 0.717) is 11.1 Å². The number of amides is 1. The van der Waals surface area contributed by atoms with Crippen LogP contribution in [-0.2, 0) is 4.79 Å². The van der Waals surface area contributed by atoms with Crippen molar-refractivity contribution in [2.45, 2.75) is 38.3 Å². The van der Waals surface area contributed by atoms with Crippen LogP contribution < -0.4 is 10.6 Å². The molecule has 0 spiro atoms. The van der Waals surface area contributed by atoms with Gasteiger partial charge in [0.1, 0.15) is 5.82 Å². The van der Waals surface area contributed by atoms with Gasteiger partial charge in [0.05, 0.1) is 18.6 Å². The van der Waals surface area contributed by atoms with Crippen molar-refractivity contribution in [2.75, 3.05) is 6.54 Å². The van der Waals surface area contributed by atoms with Gasteiger partial charge < -0.3 is 5.32 Å². The van der Waals surface area contributed by atoms with Gasteiger partial charge in [-0.3, -0.25) is 10.1 Å². The summed E-state index contributed by atoms with van der Waals surface area (Å²) in [5, 5.41) is 5.11. The summed E-state index contributed by atoms with van der Waals surface area (Å²) >= 11 is 0. The summed E-state index contributed by atoms with van der Waals surface area (Å²) < 4.78 is 39.5. The van der Waals surface area contributed by atoms with E-state index in [1.807, 2.05) is 0 Å². The molecule has 6 heteroatoms. The zero-order chi connectivity index (χ0) is 14.9. The second-order valence-corrected chi connectivity index (χ2v) is 5.23. The smallest absolute Gasteiger partial charge is 0.262 e. The summed E-state index contributed by atoms with van der Waals surface area (Å²) in [6, 6.07) is 3.34. The van der Waals surface area contributed by atoms with Gasteiger partial charge >= 0.3 is 0 Å². The van der Waals surface area contributed by atoms with E-state index in [0.717, 1.165) is 0 Å². The molecule has 0 aromatic heterocycles. The molecule has 2 rings (SSSR count). The summed E-state index contributed by atoms with van der Waals surface area (Å²) in [7, 11) is 0. The number of nitrogens with one attached hydrogen (secondary N) is 2. The van der Waals surface area contributed by atoms with Gasteiger partial charge in [0.2, 0.25) is 5.91 Å². The van der Waals surface area contributed by atoms with Crippen molar-refractivity contribution in [3.63, 3.8) is 0 Å². The highest BCUT2D eigenvalue weighted by atomic mass is 19.3. The van der Waals surface area contributed by atoms with Crippen molar-refractivity contribution in [3.05, 3.63) is 35.1 Å². The lowest BCUT2D eigenvalue weighted by molar-refractivity contribution is -0.124. The number of rotatable bonds is 3. The number of halogens is 3. The van der Waals surface area contributed by atoms with Crippen LogP contribution in [0.3, 0.4) is 0 Å². The van der Waals surface area contributed by atoms with E-state index in [2.05, 4.69) is 10.6 Å². The topological polar surface area (TPSA) is 41.1 Å². The molecular formula is C14H17F3N2O. The molecule has 3 nitrogen and oxygen atoms in total. The first-order valence-electron chi connectivity index (χ1n) is 6.46. The highest BCUT2D eigenvalue weighted by Gasteiger charge is 2.42. The molecule has 1 aliphatic rings. The maximum Gasteiger partial charge on any atom is 0.262 e. The van der Waals surface area contributed by atoms with Gasteiger partial charge in [-0.25, -0.2) is 13.2 Å². The normalized spacial score (nSPS) is 22.6. The molecule has 2 N–H and O–H groups in total. The maximum atomic E-state index is 13.5. The Morgan fingerprint density at radius 1 is 1.50 bits per heavy atom. The van der Waals surface area contributed by atoms with Crippen LogP contribution in [0.4, 0.5) is 13.2 Å². The highest BCUT2D eigenvalue weighted by Crippen LogP contribution is 2.25. The molecule has 0 bridgehead atoms. The number of benzene rings is 1. The average molecular weight is 286 g/mol. The number of aryl methyl sites for hydroxylation is 1. The van der Waals surface area contributed by atoms with E-state index >= 15 is 0 Å². The lowest BCUT2D eigenvalue weighted by Gasteiger charge is -2.18. The Balaban J connectivity index is 1.99. The van der Waals surface area contributed by atoms with Crippen molar-refractivity contribution >= 4 is 5.91 Å². The van der Waals surface area contributed by atoms with Gasteiger partial charge in [-0.2, -0.15) is 0 Å². The Morgan fingerprint density at radius 2 is 2.20 bits per heavy atom. The van der Waals surface area contributed by atoms with E-state index < -0.39 is 36.9 Å². The van der Waals surface area contributed by atoms with Crippen LogP contribution in [-0.4, -0.2) is 24.4 Å². The number of carbonyl (C=O) groups is 1. The minimum absolute atomic E-state index is 0.353. The molecule has 1 aromatic carbocycles. The molecule has 0 saturated carbocycles. The zero-order valence-corrected chi connectivity index (χ0v) is 11.3. The third-order valence-corrected chi connectivity index (χ3v) is 3.48. The number of alkyl halides is 2. The van der Waals surface area contributed by atoms with E-state index in [1.165, 1.54) is 6.07 Å². The highest BCUT2D eigenvalue weighted by molar-refractivity contribution is 5.82. The van der Waals surface area contributed by atoms with Crippen molar-refractivity contribution < 1.29 is 18.0 Å². The van der Waals surface area contributed by atoms with Gasteiger partial charge in [-0.05, 0) is 31.0 Å². The van der Waals surface area contributed by atoms with Gasteiger partial charge in [-0.1, -0.05) is 12.1 Å². The van der Waals surface area contributed by atoms with E-state index in [9.17, 15) is 18.0 Å². The van der Waals surface area contributed by atoms with Crippen LogP contribution in [0, 0.1) is 12.7 Å². The molecule has 1 amide bonds. The lowest BCUT2D eigenvalue weighted by atomic mass is 10.1. The molecule has 0 aliphatic carbocycles. The van der Waals surface area contributed by atoms with Crippen molar-refractivity contribution in [1.82, 2.24) is 10.6 Å². The SMILES string of the molecule is Cc1ccc(C(C)NC(=O)C2CC(F)(F)CN2)cc1F. The van der Waals surface area contributed by atoms with E-state index in [1.54, 1.807) is 26.0 Å². The largest absolute Gasteiger partial charge is 0.348 e. The Morgan fingerprint density at radius 3 is 2.75 bits per heavy atom. The number of hydrogen-bond acceptors (Lipinski definition) is 2. The third kappa shape index (κ3) is 3.30. The molecule has 2 atom stereocenters. The Kier molecular flexibility index (Phi) is 4.04. The molecule has 1 heterocycles. The quantitative estimate of drug-likeness (QED) is 0.895. The summed E-state index contributed by atoms with van der Waals surface area (Å²) in [6.45, 7) is 2.85. The van der Waals surface area contributed by atoms with E-state index in [4.69, 9.17) is 0 Å². The standard InChI is InChI=1S/C14H17F3N2O/c1-8-3-4-10(5-11(8)15)9(2)19-13(20)12-6-14(16,17)7-18-12/h3-5,9,12,18H,6-7H2,1-2H3,(H,19,20). The molecule has 20 heavy (non-hydrogen) atoms. The first kappa shape index (κ1) is 14.8. The summed E-state index contributed by atoms with van der Waals surface area (Å²) in [4.78, 5) is 11.9. The second kappa shape index (κ2) is 5.44. The summed E-state index contributed by atoms with van der Waals surface area (Å²) in [6.07, 6.45) is -0.506. The van der Waals surface area contributed by atoms with Crippen LogP contribution in [0.5, 0.6) is 0 Å². The fourth-order valence-corrected chi connectivity index (χ4v) is 2.18. The van der Waals surface area contributed by atoms with Crippen LogP contribution in [0.15, 0.2) is 18.2 Å². The molecule has 1 aromatic rings. The second-order valence-electron chi connectivity index (χ2n) is 5.23. The van der Waals surface area contributed by atoms with Crippen molar-refractivity contribution in [3.8, 4) is 0 Å².